The third-order valence-corrected chi connectivity index (χ3v) is 6.09. The molecule has 0 aromatic heterocycles. The fourth-order valence-electron chi connectivity index (χ4n) is 3.07. The Morgan fingerprint density at radius 1 is 1.24 bits per heavy atom. The zero-order valence-electron chi connectivity index (χ0n) is 14.3. The molecule has 0 radical (unpaired) electrons. The third-order valence-electron chi connectivity index (χ3n) is 4.44. The molecule has 2 aromatic rings. The first kappa shape index (κ1) is 18.2. The fraction of sp³-hybridized carbons (Fsp3) is 0.350. The number of methoxy groups -OCH3 is 1. The summed E-state index contributed by atoms with van der Waals surface area (Å²) in [5.41, 5.74) is 2.17. The van der Waals surface area contributed by atoms with Gasteiger partial charge in [-0.05, 0) is 35.7 Å². The maximum atomic E-state index is 12.7. The molecule has 1 heterocycles. The van der Waals surface area contributed by atoms with Gasteiger partial charge in [-0.1, -0.05) is 41.9 Å². The van der Waals surface area contributed by atoms with Crippen LogP contribution in [0.3, 0.4) is 0 Å². The second kappa shape index (κ2) is 8.63. The number of hydrogen-bond donors (Lipinski definition) is 0. The predicted molar refractivity (Wildman–Crippen MR) is 105 cm³/mol. The molecule has 3 rings (SSSR count). The lowest BCUT2D eigenvalue weighted by molar-refractivity contribution is -0.130. The van der Waals surface area contributed by atoms with Gasteiger partial charge in [-0.25, -0.2) is 0 Å². The molecular weight excluding hydrogens is 354 g/mol. The van der Waals surface area contributed by atoms with Gasteiger partial charge in [-0.3, -0.25) is 4.79 Å². The molecule has 1 atom stereocenters. The minimum atomic E-state index is 0.175. The first-order valence-electron chi connectivity index (χ1n) is 8.44. The highest BCUT2D eigenvalue weighted by molar-refractivity contribution is 7.99. The van der Waals surface area contributed by atoms with Crippen LogP contribution in [0.15, 0.2) is 48.5 Å². The zero-order chi connectivity index (χ0) is 17.6. The number of amides is 1. The number of benzene rings is 2. The van der Waals surface area contributed by atoms with Gasteiger partial charge in [-0.2, -0.15) is 11.8 Å². The quantitative estimate of drug-likeness (QED) is 0.782. The van der Waals surface area contributed by atoms with Crippen molar-refractivity contribution >= 4 is 29.3 Å². The van der Waals surface area contributed by atoms with Gasteiger partial charge in [0.05, 0.1) is 13.5 Å². The smallest absolute Gasteiger partial charge is 0.227 e. The molecule has 0 aliphatic carbocycles. The molecule has 0 saturated carbocycles. The average molecular weight is 376 g/mol. The second-order valence-electron chi connectivity index (χ2n) is 6.08. The lowest BCUT2D eigenvalue weighted by Crippen LogP contribution is -2.34. The topological polar surface area (TPSA) is 29.5 Å². The Morgan fingerprint density at radius 2 is 2.08 bits per heavy atom. The number of rotatable bonds is 4. The molecule has 1 aliphatic rings. The molecule has 1 fully saturated rings. The largest absolute Gasteiger partial charge is 0.497 e. The van der Waals surface area contributed by atoms with E-state index in [1.165, 1.54) is 5.56 Å². The van der Waals surface area contributed by atoms with E-state index < -0.39 is 0 Å². The molecule has 1 aliphatic heterocycles. The number of carbonyl (C=O) groups excluding carboxylic acids is 1. The molecule has 132 valence electrons. The molecular formula is C20H22ClNO2S. The van der Waals surface area contributed by atoms with E-state index in [2.05, 4.69) is 6.07 Å². The Labute approximate surface area is 158 Å². The van der Waals surface area contributed by atoms with Crippen molar-refractivity contribution in [3.8, 4) is 5.75 Å². The highest BCUT2D eigenvalue weighted by Crippen LogP contribution is 2.37. The van der Waals surface area contributed by atoms with Gasteiger partial charge < -0.3 is 9.64 Å². The number of carbonyl (C=O) groups is 1. The van der Waals surface area contributed by atoms with Gasteiger partial charge >= 0.3 is 0 Å². The second-order valence-corrected chi connectivity index (χ2v) is 7.80. The first-order chi connectivity index (χ1) is 12.2. The minimum absolute atomic E-state index is 0.175. The summed E-state index contributed by atoms with van der Waals surface area (Å²) < 4.78 is 5.24. The van der Waals surface area contributed by atoms with Gasteiger partial charge in [-0.15, -0.1) is 0 Å². The van der Waals surface area contributed by atoms with Crippen LogP contribution >= 0.6 is 23.4 Å². The summed E-state index contributed by atoms with van der Waals surface area (Å²) in [6.07, 6.45) is 1.34. The van der Waals surface area contributed by atoms with Crippen molar-refractivity contribution in [3.63, 3.8) is 0 Å². The van der Waals surface area contributed by atoms with E-state index in [1.54, 1.807) is 7.11 Å². The Balaban J connectivity index is 1.62. The Hall–Kier alpha value is -1.65. The van der Waals surface area contributed by atoms with Crippen LogP contribution in [0.4, 0.5) is 0 Å². The Bertz CT molecular complexity index is 737. The first-order valence-corrected chi connectivity index (χ1v) is 9.87. The highest BCUT2D eigenvalue weighted by atomic mass is 35.5. The third kappa shape index (κ3) is 4.71. The predicted octanol–water partition coefficient (Wildman–Crippen LogP) is 4.60. The van der Waals surface area contributed by atoms with Crippen LogP contribution in [0.25, 0.3) is 0 Å². The minimum Gasteiger partial charge on any atom is -0.497 e. The van der Waals surface area contributed by atoms with Crippen LogP contribution in [-0.4, -0.2) is 36.8 Å². The van der Waals surface area contributed by atoms with Crippen molar-refractivity contribution in [1.82, 2.24) is 4.90 Å². The molecule has 0 spiro atoms. The lowest BCUT2D eigenvalue weighted by atomic mass is 10.1. The van der Waals surface area contributed by atoms with Crippen molar-refractivity contribution in [1.29, 1.82) is 0 Å². The number of ether oxygens (including phenoxy) is 1. The highest BCUT2D eigenvalue weighted by Gasteiger charge is 2.23. The summed E-state index contributed by atoms with van der Waals surface area (Å²) in [7, 11) is 1.64. The maximum absolute atomic E-state index is 12.7. The lowest BCUT2D eigenvalue weighted by Gasteiger charge is -2.20. The van der Waals surface area contributed by atoms with Gasteiger partial charge in [0, 0.05) is 29.1 Å². The van der Waals surface area contributed by atoms with Crippen LogP contribution in [0, 0.1) is 0 Å². The molecule has 3 nitrogen and oxygen atoms in total. The molecule has 5 heteroatoms. The zero-order valence-corrected chi connectivity index (χ0v) is 15.9. The maximum Gasteiger partial charge on any atom is 0.227 e. The summed E-state index contributed by atoms with van der Waals surface area (Å²) in [5.74, 6) is 1.89. The van der Waals surface area contributed by atoms with E-state index in [-0.39, 0.29) is 5.91 Å². The molecule has 1 amide bonds. The van der Waals surface area contributed by atoms with Crippen LogP contribution in [0.5, 0.6) is 5.75 Å². The fourth-order valence-corrected chi connectivity index (χ4v) is 4.67. The number of thioether (sulfide) groups is 1. The molecule has 2 aromatic carbocycles. The van der Waals surface area contributed by atoms with Crippen molar-refractivity contribution in [2.24, 2.45) is 0 Å². The monoisotopic (exact) mass is 375 g/mol. The normalized spacial score (nSPS) is 17.8. The van der Waals surface area contributed by atoms with E-state index in [4.69, 9.17) is 16.3 Å². The summed E-state index contributed by atoms with van der Waals surface area (Å²) in [6, 6.07) is 15.7. The Kier molecular flexibility index (Phi) is 6.27. The van der Waals surface area contributed by atoms with Crippen LogP contribution in [0.2, 0.25) is 5.02 Å². The van der Waals surface area contributed by atoms with Gasteiger partial charge in [0.1, 0.15) is 5.75 Å². The van der Waals surface area contributed by atoms with E-state index in [0.717, 1.165) is 41.6 Å². The Morgan fingerprint density at radius 3 is 2.88 bits per heavy atom. The van der Waals surface area contributed by atoms with E-state index in [9.17, 15) is 4.79 Å². The van der Waals surface area contributed by atoms with Crippen molar-refractivity contribution < 1.29 is 9.53 Å². The molecule has 1 unspecified atom stereocenters. The van der Waals surface area contributed by atoms with Crippen molar-refractivity contribution in [2.45, 2.75) is 18.1 Å². The van der Waals surface area contributed by atoms with Crippen LogP contribution < -0.4 is 4.74 Å². The van der Waals surface area contributed by atoms with E-state index >= 15 is 0 Å². The van der Waals surface area contributed by atoms with Gasteiger partial charge in [0.2, 0.25) is 5.91 Å². The SMILES string of the molecule is COc1cccc(CC(=O)N2CCSC(c3ccccc3Cl)CC2)c1. The number of hydrogen-bond acceptors (Lipinski definition) is 3. The summed E-state index contributed by atoms with van der Waals surface area (Å²) in [4.78, 5) is 14.7. The summed E-state index contributed by atoms with van der Waals surface area (Å²) in [5, 5.41) is 1.17. The molecule has 25 heavy (non-hydrogen) atoms. The molecule has 0 bridgehead atoms. The van der Waals surface area contributed by atoms with Crippen molar-refractivity contribution in [3.05, 3.63) is 64.7 Å². The summed E-state index contributed by atoms with van der Waals surface area (Å²) in [6.45, 7) is 1.56. The van der Waals surface area contributed by atoms with Gasteiger partial charge in [0.25, 0.3) is 0 Å². The van der Waals surface area contributed by atoms with Gasteiger partial charge in [0.15, 0.2) is 0 Å². The standard InChI is InChI=1S/C20H22ClNO2S/c1-24-16-6-4-5-15(13-16)14-20(23)22-10-9-19(25-12-11-22)17-7-2-3-8-18(17)21/h2-8,13,19H,9-12,14H2,1H3. The molecule has 1 saturated heterocycles. The van der Waals surface area contributed by atoms with Crippen LogP contribution in [-0.2, 0) is 11.2 Å². The number of nitrogens with zero attached hydrogens (tertiary/aromatic N) is 1. The van der Waals surface area contributed by atoms with E-state index in [0.29, 0.717) is 11.7 Å². The summed E-state index contributed by atoms with van der Waals surface area (Å²) >= 11 is 8.23. The van der Waals surface area contributed by atoms with Crippen molar-refractivity contribution in [2.75, 3.05) is 26.0 Å². The van der Waals surface area contributed by atoms with E-state index in [1.807, 2.05) is 59.1 Å². The van der Waals surface area contributed by atoms with Crippen LogP contribution in [0.1, 0.15) is 22.8 Å². The molecule has 0 N–H and O–H groups in total. The average Bonchev–Trinajstić information content (AvgIpc) is 2.88. The number of halogens is 1.